The molecule has 3 atom stereocenters. The van der Waals surface area contributed by atoms with Crippen LogP contribution >= 0.6 is 0 Å². The second kappa shape index (κ2) is 46.6. The van der Waals surface area contributed by atoms with E-state index in [1.54, 1.807) is 0 Å². The van der Waals surface area contributed by atoms with Crippen LogP contribution in [-0.4, -0.2) is 46.9 Å². The predicted molar refractivity (Wildman–Crippen MR) is 255 cm³/mol. The van der Waals surface area contributed by atoms with Crippen molar-refractivity contribution in [3.8, 4) is 0 Å². The predicted octanol–water partition coefficient (Wildman–Crippen LogP) is 14.8. The number of unbranched alkanes of at least 4 members (excludes halogenated alkanes) is 22. The number of nitrogens with one attached hydrogen (secondary N) is 1. The Balaban J connectivity index is 4.55. The lowest BCUT2D eigenvalue weighted by Crippen LogP contribution is -2.46. The Bertz CT molecular complexity index is 1060. The van der Waals surface area contributed by atoms with Gasteiger partial charge in [-0.05, 0) is 89.9 Å². The molecule has 59 heavy (non-hydrogen) atoms. The molecule has 6 heteroatoms. The summed E-state index contributed by atoms with van der Waals surface area (Å²) in [5.41, 5.74) is 0. The average Bonchev–Trinajstić information content (AvgIpc) is 3.23. The summed E-state index contributed by atoms with van der Waals surface area (Å²) in [5, 5.41) is 23.6. The molecule has 0 aliphatic heterocycles. The van der Waals surface area contributed by atoms with Gasteiger partial charge in [0.2, 0.25) is 5.91 Å². The molecule has 0 aromatic heterocycles. The fourth-order valence-corrected chi connectivity index (χ4v) is 7.30. The molecule has 342 valence electrons. The Labute approximate surface area is 365 Å². The maximum Gasteiger partial charge on any atom is 0.306 e. The van der Waals surface area contributed by atoms with Crippen molar-refractivity contribution in [2.24, 2.45) is 0 Å². The molecular weight excluding hydrogens is 731 g/mol. The van der Waals surface area contributed by atoms with Crippen molar-refractivity contribution in [3.63, 3.8) is 0 Å². The number of rotatable bonds is 44. The summed E-state index contributed by atoms with van der Waals surface area (Å²) >= 11 is 0. The molecule has 0 fully saturated rings. The second-order valence-electron chi connectivity index (χ2n) is 16.8. The van der Waals surface area contributed by atoms with E-state index >= 15 is 0 Å². The van der Waals surface area contributed by atoms with Gasteiger partial charge in [0.05, 0.1) is 25.2 Å². The molecule has 0 aliphatic rings. The molecule has 0 bridgehead atoms. The first-order valence-electron chi connectivity index (χ1n) is 25.0. The van der Waals surface area contributed by atoms with E-state index in [-0.39, 0.29) is 24.9 Å². The summed E-state index contributed by atoms with van der Waals surface area (Å²) in [7, 11) is 0. The van der Waals surface area contributed by atoms with Crippen LogP contribution in [0.3, 0.4) is 0 Å². The lowest BCUT2D eigenvalue weighted by Gasteiger charge is -2.24. The number of amides is 1. The number of allylic oxidation sites excluding steroid dienone is 10. The van der Waals surface area contributed by atoms with Gasteiger partial charge in [-0.25, -0.2) is 0 Å². The smallest absolute Gasteiger partial charge is 0.306 e. The molecule has 0 radical (unpaired) electrons. The first-order valence-corrected chi connectivity index (χ1v) is 25.0. The van der Waals surface area contributed by atoms with Crippen molar-refractivity contribution in [3.05, 3.63) is 60.8 Å². The number of aliphatic hydroxyl groups is 2. The molecule has 0 spiro atoms. The zero-order valence-electron chi connectivity index (χ0n) is 38.9. The van der Waals surface area contributed by atoms with Gasteiger partial charge in [-0.3, -0.25) is 9.59 Å². The first kappa shape index (κ1) is 56.6. The SMILES string of the molecule is CC/C=C/C/C=C/C/C=C/CCCCC(CC(=O)NC(CO)C(O)CCCCCCCCCCC)OC(=O)CCCCCCCCCCC/C=C\C/C=C\CCCCC. The van der Waals surface area contributed by atoms with Gasteiger partial charge in [0.15, 0.2) is 0 Å². The monoisotopic (exact) mass is 826 g/mol. The van der Waals surface area contributed by atoms with Gasteiger partial charge >= 0.3 is 5.97 Å². The first-order chi connectivity index (χ1) is 29.0. The quantitative estimate of drug-likeness (QED) is 0.0323. The van der Waals surface area contributed by atoms with E-state index in [0.29, 0.717) is 19.3 Å². The van der Waals surface area contributed by atoms with Crippen LogP contribution in [0.5, 0.6) is 0 Å². The Morgan fingerprint density at radius 1 is 0.508 bits per heavy atom. The highest BCUT2D eigenvalue weighted by Gasteiger charge is 2.24. The number of ether oxygens (including phenoxy) is 1. The number of carbonyl (C=O) groups is 2. The normalized spacial score (nSPS) is 13.8. The summed E-state index contributed by atoms with van der Waals surface area (Å²) in [6.07, 6.45) is 57.2. The zero-order valence-corrected chi connectivity index (χ0v) is 38.9. The van der Waals surface area contributed by atoms with Crippen molar-refractivity contribution in [2.45, 2.75) is 257 Å². The van der Waals surface area contributed by atoms with E-state index in [2.05, 4.69) is 86.8 Å². The van der Waals surface area contributed by atoms with Gasteiger partial charge in [-0.2, -0.15) is 0 Å². The van der Waals surface area contributed by atoms with Gasteiger partial charge in [-0.15, -0.1) is 0 Å². The minimum Gasteiger partial charge on any atom is -0.462 e. The van der Waals surface area contributed by atoms with Crippen LogP contribution in [0.4, 0.5) is 0 Å². The largest absolute Gasteiger partial charge is 0.462 e. The van der Waals surface area contributed by atoms with Crippen LogP contribution in [-0.2, 0) is 14.3 Å². The number of hydrogen-bond acceptors (Lipinski definition) is 5. The van der Waals surface area contributed by atoms with Crippen LogP contribution in [0.25, 0.3) is 0 Å². The topological polar surface area (TPSA) is 95.9 Å². The molecule has 0 aromatic carbocycles. The summed E-state index contributed by atoms with van der Waals surface area (Å²) in [5.74, 6) is -0.518. The summed E-state index contributed by atoms with van der Waals surface area (Å²) in [4.78, 5) is 26.1. The van der Waals surface area contributed by atoms with Crippen LogP contribution in [0.15, 0.2) is 60.8 Å². The third-order valence-electron chi connectivity index (χ3n) is 11.1. The van der Waals surface area contributed by atoms with Crippen molar-refractivity contribution < 1.29 is 24.5 Å². The molecule has 0 saturated heterocycles. The standard InChI is InChI=1S/C53H95NO5/c1-4-7-10-13-16-19-21-23-24-25-26-27-28-29-31-34-37-40-43-46-53(58)59-49(44-41-38-35-33-30-22-20-17-14-11-8-5-2)47-52(57)54-50(48-55)51(56)45-42-39-36-32-18-15-12-9-6-3/h8,11,16-17,19-20,23-24,30,33,49-51,55-56H,4-7,9-10,12-15,18,21-22,25-29,31-32,34-48H2,1-3H3,(H,54,57)/b11-8+,19-16-,20-17+,24-23-,33-30+. The third-order valence-corrected chi connectivity index (χ3v) is 11.1. The number of hydrogen-bond donors (Lipinski definition) is 3. The maximum atomic E-state index is 13.1. The molecule has 3 N–H and O–H groups in total. The van der Waals surface area contributed by atoms with Gasteiger partial charge < -0.3 is 20.3 Å². The average molecular weight is 826 g/mol. The highest BCUT2D eigenvalue weighted by atomic mass is 16.5. The Morgan fingerprint density at radius 2 is 0.915 bits per heavy atom. The van der Waals surface area contributed by atoms with Gasteiger partial charge in [0, 0.05) is 6.42 Å². The fraction of sp³-hybridized carbons (Fsp3) is 0.774. The Kier molecular flexibility index (Phi) is 44.7. The van der Waals surface area contributed by atoms with E-state index in [1.807, 2.05) is 0 Å². The minimum atomic E-state index is -0.797. The third kappa shape index (κ3) is 42.1. The molecule has 6 nitrogen and oxygen atoms in total. The van der Waals surface area contributed by atoms with E-state index in [1.165, 1.54) is 109 Å². The van der Waals surface area contributed by atoms with Crippen LogP contribution < -0.4 is 5.32 Å². The lowest BCUT2D eigenvalue weighted by molar-refractivity contribution is -0.151. The van der Waals surface area contributed by atoms with E-state index < -0.39 is 18.2 Å². The van der Waals surface area contributed by atoms with Crippen LogP contribution in [0, 0.1) is 0 Å². The summed E-state index contributed by atoms with van der Waals surface area (Å²) in [6, 6.07) is -0.714. The molecular formula is C53H95NO5. The number of aliphatic hydroxyl groups excluding tert-OH is 2. The van der Waals surface area contributed by atoms with E-state index in [4.69, 9.17) is 4.74 Å². The number of esters is 1. The van der Waals surface area contributed by atoms with E-state index in [9.17, 15) is 19.8 Å². The van der Waals surface area contributed by atoms with Crippen molar-refractivity contribution >= 4 is 11.9 Å². The second-order valence-corrected chi connectivity index (χ2v) is 16.8. The van der Waals surface area contributed by atoms with Crippen molar-refractivity contribution in [1.82, 2.24) is 5.32 Å². The van der Waals surface area contributed by atoms with Crippen LogP contribution in [0.1, 0.15) is 239 Å². The molecule has 0 aromatic rings. The maximum absolute atomic E-state index is 13.1. The molecule has 0 rings (SSSR count). The molecule has 1 amide bonds. The highest BCUT2D eigenvalue weighted by Crippen LogP contribution is 2.17. The molecule has 0 aliphatic carbocycles. The lowest BCUT2D eigenvalue weighted by atomic mass is 10.0. The Hall–Kier alpha value is -2.44. The molecule has 3 unspecified atom stereocenters. The molecule has 0 heterocycles. The van der Waals surface area contributed by atoms with E-state index in [0.717, 1.165) is 83.5 Å². The minimum absolute atomic E-state index is 0.0485. The van der Waals surface area contributed by atoms with Gasteiger partial charge in [0.1, 0.15) is 6.10 Å². The Morgan fingerprint density at radius 3 is 1.44 bits per heavy atom. The van der Waals surface area contributed by atoms with Crippen molar-refractivity contribution in [1.29, 1.82) is 0 Å². The van der Waals surface area contributed by atoms with Crippen LogP contribution in [0.2, 0.25) is 0 Å². The summed E-state index contributed by atoms with van der Waals surface area (Å²) < 4.78 is 5.90. The zero-order chi connectivity index (χ0) is 43.1. The highest BCUT2D eigenvalue weighted by molar-refractivity contribution is 5.77. The van der Waals surface area contributed by atoms with Gasteiger partial charge in [-0.1, -0.05) is 197 Å². The number of carbonyl (C=O) groups excluding carboxylic acids is 2. The molecule has 0 saturated carbocycles. The van der Waals surface area contributed by atoms with Gasteiger partial charge in [0.25, 0.3) is 0 Å². The summed E-state index contributed by atoms with van der Waals surface area (Å²) in [6.45, 7) is 6.31. The van der Waals surface area contributed by atoms with Crippen molar-refractivity contribution in [2.75, 3.05) is 6.61 Å². The fourth-order valence-electron chi connectivity index (χ4n) is 7.30.